The second kappa shape index (κ2) is 9.22. The number of halogens is 3. The predicted molar refractivity (Wildman–Crippen MR) is 93.9 cm³/mol. The summed E-state index contributed by atoms with van der Waals surface area (Å²) >= 11 is 0. The highest BCUT2D eigenvalue weighted by molar-refractivity contribution is 5.95. The van der Waals surface area contributed by atoms with Crippen molar-refractivity contribution in [3.05, 3.63) is 41.6 Å². The molecular weight excluding hydrogens is 395 g/mol. The molecule has 0 spiro atoms. The van der Waals surface area contributed by atoms with Crippen LogP contribution in [0.5, 0.6) is 0 Å². The second-order valence-electron chi connectivity index (χ2n) is 6.10. The van der Waals surface area contributed by atoms with Gasteiger partial charge in [-0.3, -0.25) is 19.7 Å². The number of benzene rings is 1. The number of alkyl halides is 3. The average molecular weight is 413 g/mol. The van der Waals surface area contributed by atoms with Crippen LogP contribution in [0.3, 0.4) is 0 Å². The first-order chi connectivity index (χ1) is 13.6. The van der Waals surface area contributed by atoms with Gasteiger partial charge in [0.05, 0.1) is 12.5 Å². The van der Waals surface area contributed by atoms with Crippen molar-refractivity contribution >= 4 is 29.9 Å². The smallest absolute Gasteiger partial charge is 0.405 e. The monoisotopic (exact) mass is 413 g/mol. The molecule has 11 heteroatoms. The third-order valence-corrected chi connectivity index (χ3v) is 3.90. The minimum absolute atomic E-state index is 0.255. The number of carbonyl (C=O) groups is 4. The van der Waals surface area contributed by atoms with Gasteiger partial charge in [-0.15, -0.1) is 0 Å². The van der Waals surface area contributed by atoms with Crippen molar-refractivity contribution in [1.82, 2.24) is 15.5 Å². The van der Waals surface area contributed by atoms with Gasteiger partial charge in [-0.2, -0.15) is 13.2 Å². The van der Waals surface area contributed by atoms with Gasteiger partial charge in [0.15, 0.2) is 6.61 Å². The van der Waals surface area contributed by atoms with E-state index in [0.717, 1.165) is 11.1 Å². The molecule has 156 valence electrons. The number of carbonyl (C=O) groups excluding carboxylic acids is 4. The molecular formula is C18H18F3N3O5. The number of nitrogens with one attached hydrogen (secondary N) is 2. The number of rotatable bonds is 5. The van der Waals surface area contributed by atoms with Crippen LogP contribution in [0.4, 0.5) is 18.0 Å². The average Bonchev–Trinajstić information content (AvgIpc) is 2.64. The Kier molecular flexibility index (Phi) is 6.97. The van der Waals surface area contributed by atoms with Crippen LogP contribution in [0.2, 0.25) is 0 Å². The summed E-state index contributed by atoms with van der Waals surface area (Å²) in [5.74, 6) is -2.21. The largest absolute Gasteiger partial charge is 0.455 e. The Labute approximate surface area is 163 Å². The maximum atomic E-state index is 12.1. The lowest BCUT2D eigenvalue weighted by atomic mass is 9.94. The molecule has 1 heterocycles. The van der Waals surface area contributed by atoms with E-state index in [4.69, 9.17) is 4.74 Å². The molecule has 0 aromatic heterocycles. The summed E-state index contributed by atoms with van der Waals surface area (Å²) in [5.41, 5.74) is 1.54. The molecule has 2 rings (SSSR count). The van der Waals surface area contributed by atoms with Gasteiger partial charge in [-0.1, -0.05) is 24.3 Å². The Balaban J connectivity index is 1.89. The van der Waals surface area contributed by atoms with Crippen LogP contribution in [0.25, 0.3) is 6.08 Å². The molecule has 0 saturated carbocycles. The van der Waals surface area contributed by atoms with Crippen LogP contribution >= 0.6 is 0 Å². The van der Waals surface area contributed by atoms with Crippen LogP contribution < -0.4 is 10.6 Å². The first-order valence-electron chi connectivity index (χ1n) is 8.43. The Morgan fingerprint density at radius 2 is 1.86 bits per heavy atom. The molecule has 2 N–H and O–H groups in total. The molecule has 0 fully saturated rings. The number of imide groups is 1. The first kappa shape index (κ1) is 21.9. The Morgan fingerprint density at radius 1 is 1.17 bits per heavy atom. The van der Waals surface area contributed by atoms with E-state index < -0.39 is 43.3 Å². The fourth-order valence-corrected chi connectivity index (χ4v) is 2.66. The van der Waals surface area contributed by atoms with Crippen LogP contribution in [0.15, 0.2) is 30.5 Å². The van der Waals surface area contributed by atoms with Crippen LogP contribution in [0, 0.1) is 0 Å². The minimum atomic E-state index is -4.62. The van der Waals surface area contributed by atoms with Crippen molar-refractivity contribution in [2.24, 2.45) is 0 Å². The van der Waals surface area contributed by atoms with Crippen molar-refractivity contribution < 1.29 is 37.1 Å². The number of esters is 1. The second-order valence-corrected chi connectivity index (χ2v) is 6.10. The molecule has 0 saturated heterocycles. The van der Waals surface area contributed by atoms with E-state index in [9.17, 15) is 32.3 Å². The summed E-state index contributed by atoms with van der Waals surface area (Å²) in [6.07, 6.45) is -1.61. The summed E-state index contributed by atoms with van der Waals surface area (Å²) in [5, 5.41) is 3.06. The third kappa shape index (κ3) is 6.63. The van der Waals surface area contributed by atoms with Gasteiger partial charge in [0.25, 0.3) is 5.91 Å². The lowest BCUT2D eigenvalue weighted by Crippen LogP contribution is -2.44. The van der Waals surface area contributed by atoms with E-state index in [1.54, 1.807) is 35.8 Å². The van der Waals surface area contributed by atoms with E-state index in [-0.39, 0.29) is 12.3 Å². The maximum Gasteiger partial charge on any atom is 0.405 e. The molecule has 0 aliphatic carbocycles. The molecule has 0 bridgehead atoms. The summed E-state index contributed by atoms with van der Waals surface area (Å²) in [6, 6.07) is 5.12. The van der Waals surface area contributed by atoms with Crippen LogP contribution in [-0.2, 0) is 19.1 Å². The zero-order valence-corrected chi connectivity index (χ0v) is 15.3. The number of hydrogen-bond donors (Lipinski definition) is 2. The van der Waals surface area contributed by atoms with E-state index in [2.05, 4.69) is 0 Å². The highest BCUT2D eigenvalue weighted by Crippen LogP contribution is 2.33. The van der Waals surface area contributed by atoms with Crippen molar-refractivity contribution in [3.8, 4) is 0 Å². The molecule has 1 aliphatic heterocycles. The summed E-state index contributed by atoms with van der Waals surface area (Å²) in [7, 11) is 0. The number of ether oxygens (including phenoxy) is 1. The Hall–Kier alpha value is -3.37. The fraction of sp³-hybridized carbons (Fsp3) is 0.333. The van der Waals surface area contributed by atoms with Crippen LogP contribution in [0.1, 0.15) is 30.5 Å². The predicted octanol–water partition coefficient (Wildman–Crippen LogP) is 1.88. The molecule has 1 aliphatic rings. The van der Waals surface area contributed by atoms with E-state index in [1.807, 2.05) is 6.07 Å². The zero-order valence-electron chi connectivity index (χ0n) is 15.3. The van der Waals surface area contributed by atoms with Gasteiger partial charge in [0.2, 0.25) is 5.91 Å². The first-order valence-corrected chi connectivity index (χ1v) is 8.43. The zero-order chi connectivity index (χ0) is 21.6. The van der Waals surface area contributed by atoms with Gasteiger partial charge in [-0.05, 0) is 17.2 Å². The highest BCUT2D eigenvalue weighted by Gasteiger charge is 2.30. The van der Waals surface area contributed by atoms with Gasteiger partial charge >= 0.3 is 18.2 Å². The van der Waals surface area contributed by atoms with Gasteiger partial charge in [-0.25, -0.2) is 4.79 Å². The minimum Gasteiger partial charge on any atom is -0.455 e. The molecule has 1 aromatic carbocycles. The summed E-state index contributed by atoms with van der Waals surface area (Å²) in [4.78, 5) is 48.1. The standard InChI is InChI=1S/C18H18F3N3O5/c1-11(25)24-7-6-12-4-2-3-5-13(12)14(24)8-16(27)29-9-15(26)23-17(28)22-10-18(19,20)21/h2-7,14H,8-10H2,1H3,(H2,22,23,26,28)/t14-/m0/s1. The van der Waals surface area contributed by atoms with E-state index in [0.29, 0.717) is 0 Å². The summed E-state index contributed by atoms with van der Waals surface area (Å²) < 4.78 is 40.8. The molecule has 1 atom stereocenters. The molecule has 4 amide bonds. The molecule has 0 unspecified atom stereocenters. The Morgan fingerprint density at radius 3 is 2.52 bits per heavy atom. The lowest BCUT2D eigenvalue weighted by molar-refractivity contribution is -0.150. The SMILES string of the molecule is CC(=O)N1C=Cc2ccccc2[C@@H]1CC(=O)OCC(=O)NC(=O)NCC(F)(F)F. The quantitative estimate of drug-likeness (QED) is 0.718. The lowest BCUT2D eigenvalue weighted by Gasteiger charge is -2.32. The molecule has 0 radical (unpaired) electrons. The van der Waals surface area contributed by atoms with Gasteiger partial charge in [0.1, 0.15) is 6.54 Å². The number of amides is 4. The number of fused-ring (bicyclic) bond motifs is 1. The molecule has 1 aromatic rings. The van der Waals surface area contributed by atoms with E-state index >= 15 is 0 Å². The Bertz CT molecular complexity index is 838. The molecule has 29 heavy (non-hydrogen) atoms. The normalized spacial score (nSPS) is 15.3. The van der Waals surface area contributed by atoms with Gasteiger partial charge in [0, 0.05) is 13.1 Å². The summed E-state index contributed by atoms with van der Waals surface area (Å²) in [6.45, 7) is -1.13. The highest BCUT2D eigenvalue weighted by atomic mass is 19.4. The van der Waals surface area contributed by atoms with Crippen molar-refractivity contribution in [2.45, 2.75) is 25.6 Å². The fourth-order valence-electron chi connectivity index (χ4n) is 2.66. The number of urea groups is 1. The van der Waals surface area contributed by atoms with Gasteiger partial charge < -0.3 is 15.0 Å². The maximum absolute atomic E-state index is 12.1. The molecule has 8 nitrogen and oxygen atoms in total. The number of nitrogens with zero attached hydrogens (tertiary/aromatic N) is 1. The van der Waals surface area contributed by atoms with E-state index in [1.165, 1.54) is 17.1 Å². The third-order valence-electron chi connectivity index (χ3n) is 3.90. The van der Waals surface area contributed by atoms with Crippen molar-refractivity contribution in [2.75, 3.05) is 13.2 Å². The van der Waals surface area contributed by atoms with Crippen molar-refractivity contribution in [1.29, 1.82) is 0 Å². The van der Waals surface area contributed by atoms with Crippen LogP contribution in [-0.4, -0.2) is 48.0 Å². The van der Waals surface area contributed by atoms with Crippen molar-refractivity contribution in [3.63, 3.8) is 0 Å². The topological polar surface area (TPSA) is 105 Å². The number of hydrogen-bond acceptors (Lipinski definition) is 5.